The van der Waals surface area contributed by atoms with Gasteiger partial charge in [-0.15, -0.1) is 0 Å². The van der Waals surface area contributed by atoms with Crippen LogP contribution in [-0.2, 0) is 19.1 Å². The van der Waals surface area contributed by atoms with Gasteiger partial charge in [-0.25, -0.2) is 9.29 Å². The van der Waals surface area contributed by atoms with Crippen molar-refractivity contribution in [2.45, 2.75) is 25.4 Å². The number of benzene rings is 2. The van der Waals surface area contributed by atoms with Crippen molar-refractivity contribution in [3.05, 3.63) is 66.0 Å². The Morgan fingerprint density at radius 2 is 1.76 bits per heavy atom. The van der Waals surface area contributed by atoms with E-state index in [4.69, 9.17) is 4.74 Å². The van der Waals surface area contributed by atoms with Crippen molar-refractivity contribution in [2.24, 2.45) is 11.8 Å². The molecule has 0 unspecified atom stereocenters. The van der Waals surface area contributed by atoms with Crippen molar-refractivity contribution < 1.29 is 23.5 Å². The number of carbonyl (C=O) groups excluding carboxylic acids is 3. The molecule has 0 radical (unpaired) electrons. The zero-order chi connectivity index (χ0) is 20.8. The van der Waals surface area contributed by atoms with E-state index in [0.717, 1.165) is 4.90 Å². The molecule has 2 fully saturated rings. The number of para-hydroxylation sites is 1. The fourth-order valence-electron chi connectivity index (χ4n) is 4.43. The van der Waals surface area contributed by atoms with Gasteiger partial charge in [0, 0.05) is 11.6 Å². The van der Waals surface area contributed by atoms with Crippen molar-refractivity contribution in [3.63, 3.8) is 0 Å². The maximum atomic E-state index is 14.6. The van der Waals surface area contributed by atoms with Crippen LogP contribution >= 0.6 is 0 Å². The quantitative estimate of drug-likeness (QED) is 0.635. The van der Waals surface area contributed by atoms with Gasteiger partial charge >= 0.3 is 5.97 Å². The number of halogens is 1. The van der Waals surface area contributed by atoms with Crippen LogP contribution in [0.3, 0.4) is 0 Å². The number of hydrogen-bond donors (Lipinski definition) is 1. The minimum Gasteiger partial charge on any atom is -0.465 e. The van der Waals surface area contributed by atoms with Crippen molar-refractivity contribution in [3.8, 4) is 0 Å². The predicted molar refractivity (Wildman–Crippen MR) is 103 cm³/mol. The van der Waals surface area contributed by atoms with E-state index < -0.39 is 47.0 Å². The zero-order valence-electron chi connectivity index (χ0n) is 16.1. The first kappa shape index (κ1) is 19.3. The molecule has 1 N–H and O–H groups in total. The van der Waals surface area contributed by atoms with Gasteiger partial charge in [0.25, 0.3) is 0 Å². The van der Waals surface area contributed by atoms with Crippen LogP contribution in [0.1, 0.15) is 25.5 Å². The number of nitrogens with zero attached hydrogens (tertiary/aromatic N) is 1. The van der Waals surface area contributed by atoms with E-state index >= 15 is 0 Å². The smallest absolute Gasteiger partial charge is 0.326 e. The molecule has 2 aromatic rings. The average molecular weight is 396 g/mol. The van der Waals surface area contributed by atoms with Gasteiger partial charge in [-0.2, -0.15) is 0 Å². The summed E-state index contributed by atoms with van der Waals surface area (Å²) in [5, 5.41) is 3.06. The average Bonchev–Trinajstić information content (AvgIpc) is 3.17. The molecule has 7 heteroatoms. The molecule has 0 spiro atoms. The first-order valence-electron chi connectivity index (χ1n) is 9.52. The van der Waals surface area contributed by atoms with Crippen molar-refractivity contribution in [2.75, 3.05) is 11.5 Å². The summed E-state index contributed by atoms with van der Waals surface area (Å²) >= 11 is 0. The molecule has 0 saturated carbocycles. The van der Waals surface area contributed by atoms with Crippen LogP contribution in [0.4, 0.5) is 10.1 Å². The van der Waals surface area contributed by atoms with Gasteiger partial charge in [-0.05, 0) is 32.0 Å². The molecule has 2 saturated heterocycles. The van der Waals surface area contributed by atoms with Crippen molar-refractivity contribution in [1.29, 1.82) is 0 Å². The Morgan fingerprint density at radius 3 is 2.41 bits per heavy atom. The number of imide groups is 1. The standard InChI is InChI=1S/C22H21FN2O4/c1-3-29-21(28)22(2)17-16(18(24-22)14-11-7-8-12-15(14)23)19(26)25(20(17)27)13-9-5-4-6-10-13/h4-12,16-18,24H,3H2,1-2H3/t16-,17-,18-,22+/m0/s1. The third-order valence-electron chi connectivity index (χ3n) is 5.74. The second-order valence-electron chi connectivity index (χ2n) is 7.42. The third-order valence-corrected chi connectivity index (χ3v) is 5.74. The highest BCUT2D eigenvalue weighted by molar-refractivity contribution is 6.24. The second-order valence-corrected chi connectivity index (χ2v) is 7.42. The highest BCUT2D eigenvalue weighted by Gasteiger charge is 2.67. The minimum atomic E-state index is -1.45. The Balaban J connectivity index is 1.84. The normalized spacial score (nSPS) is 28.5. The zero-order valence-corrected chi connectivity index (χ0v) is 16.1. The summed E-state index contributed by atoms with van der Waals surface area (Å²) in [6.45, 7) is 3.34. The van der Waals surface area contributed by atoms with Crippen LogP contribution in [0.15, 0.2) is 54.6 Å². The number of ether oxygens (including phenoxy) is 1. The summed E-state index contributed by atoms with van der Waals surface area (Å²) in [5.74, 6) is -4.01. The number of esters is 1. The van der Waals surface area contributed by atoms with E-state index in [1.54, 1.807) is 62.4 Å². The Morgan fingerprint density at radius 1 is 1.10 bits per heavy atom. The van der Waals surface area contributed by atoms with Crippen LogP contribution in [0.5, 0.6) is 0 Å². The Kier molecular flexibility index (Phi) is 4.70. The van der Waals surface area contributed by atoms with Gasteiger partial charge < -0.3 is 4.74 Å². The lowest BCUT2D eigenvalue weighted by Crippen LogP contribution is -2.54. The topological polar surface area (TPSA) is 75.7 Å². The van der Waals surface area contributed by atoms with Crippen LogP contribution in [0, 0.1) is 17.7 Å². The summed E-state index contributed by atoms with van der Waals surface area (Å²) in [4.78, 5) is 40.6. The van der Waals surface area contributed by atoms with Crippen molar-refractivity contribution >= 4 is 23.5 Å². The molecule has 29 heavy (non-hydrogen) atoms. The molecule has 0 aromatic heterocycles. The molecule has 2 amide bonds. The van der Waals surface area contributed by atoms with Gasteiger partial charge in [-0.1, -0.05) is 36.4 Å². The van der Waals surface area contributed by atoms with Gasteiger partial charge in [-0.3, -0.25) is 19.7 Å². The first-order chi connectivity index (χ1) is 13.9. The molecule has 0 aliphatic carbocycles. The highest BCUT2D eigenvalue weighted by atomic mass is 19.1. The van der Waals surface area contributed by atoms with Crippen LogP contribution in [0.2, 0.25) is 0 Å². The van der Waals surface area contributed by atoms with Crippen LogP contribution in [0.25, 0.3) is 0 Å². The predicted octanol–water partition coefficient (Wildman–Crippen LogP) is 2.60. The van der Waals surface area contributed by atoms with E-state index in [1.807, 2.05) is 0 Å². The van der Waals surface area contributed by atoms with E-state index in [9.17, 15) is 18.8 Å². The molecule has 2 aliphatic rings. The van der Waals surface area contributed by atoms with E-state index in [2.05, 4.69) is 5.32 Å². The molecule has 4 atom stereocenters. The fourth-order valence-corrected chi connectivity index (χ4v) is 4.43. The van der Waals surface area contributed by atoms with Crippen LogP contribution < -0.4 is 10.2 Å². The van der Waals surface area contributed by atoms with Gasteiger partial charge in [0.05, 0.1) is 24.1 Å². The summed E-state index contributed by atoms with van der Waals surface area (Å²) in [6.07, 6.45) is 0. The summed E-state index contributed by atoms with van der Waals surface area (Å²) in [7, 11) is 0. The number of rotatable bonds is 4. The fraction of sp³-hybridized carbons (Fsp3) is 0.318. The number of fused-ring (bicyclic) bond motifs is 1. The van der Waals surface area contributed by atoms with E-state index in [1.165, 1.54) is 6.07 Å². The third kappa shape index (κ3) is 2.84. The van der Waals surface area contributed by atoms with Gasteiger partial charge in [0.1, 0.15) is 11.4 Å². The van der Waals surface area contributed by atoms with E-state index in [0.29, 0.717) is 5.69 Å². The number of carbonyl (C=O) groups is 3. The van der Waals surface area contributed by atoms with Gasteiger partial charge in [0.2, 0.25) is 11.8 Å². The highest BCUT2D eigenvalue weighted by Crippen LogP contribution is 2.50. The molecule has 4 rings (SSSR count). The largest absolute Gasteiger partial charge is 0.465 e. The number of nitrogens with one attached hydrogen (secondary N) is 1. The summed E-state index contributed by atoms with van der Waals surface area (Å²) < 4.78 is 19.8. The Hall–Kier alpha value is -3.06. The Labute approximate surface area is 167 Å². The maximum Gasteiger partial charge on any atom is 0.326 e. The van der Waals surface area contributed by atoms with Crippen molar-refractivity contribution in [1.82, 2.24) is 5.32 Å². The molecule has 2 heterocycles. The summed E-state index contributed by atoms with van der Waals surface area (Å²) in [6, 6.07) is 13.8. The SMILES string of the molecule is CCOC(=O)[C@]1(C)N[C@@H](c2ccccc2F)[C@H]2C(=O)N(c3ccccc3)C(=O)[C@H]21. The number of amides is 2. The molecular formula is C22H21FN2O4. The molecule has 2 aliphatic heterocycles. The number of anilines is 1. The minimum absolute atomic E-state index is 0.127. The van der Waals surface area contributed by atoms with Crippen LogP contribution in [-0.4, -0.2) is 29.9 Å². The van der Waals surface area contributed by atoms with Gasteiger partial charge in [0.15, 0.2) is 0 Å². The van der Waals surface area contributed by atoms with E-state index in [-0.39, 0.29) is 12.2 Å². The monoisotopic (exact) mass is 396 g/mol. The molecule has 2 aromatic carbocycles. The Bertz CT molecular complexity index is 980. The molecule has 150 valence electrons. The lowest BCUT2D eigenvalue weighted by Gasteiger charge is -2.29. The molecule has 6 nitrogen and oxygen atoms in total. The lowest BCUT2D eigenvalue weighted by atomic mass is 9.80. The first-order valence-corrected chi connectivity index (χ1v) is 9.52. The second kappa shape index (κ2) is 7.08. The number of hydrogen-bond acceptors (Lipinski definition) is 5. The molecular weight excluding hydrogens is 375 g/mol. The molecule has 0 bridgehead atoms. The summed E-state index contributed by atoms with van der Waals surface area (Å²) in [5.41, 5.74) is -0.786. The lowest BCUT2D eigenvalue weighted by molar-refractivity contribution is -0.153. The maximum absolute atomic E-state index is 14.6.